The van der Waals surface area contributed by atoms with E-state index in [4.69, 9.17) is 4.74 Å². The van der Waals surface area contributed by atoms with Gasteiger partial charge in [0.2, 0.25) is 0 Å². The average molecular weight is 342 g/mol. The maximum atomic E-state index is 12.7. The third kappa shape index (κ3) is 4.28. The summed E-state index contributed by atoms with van der Waals surface area (Å²) in [5, 5.41) is 0. The van der Waals surface area contributed by atoms with Gasteiger partial charge in [0.1, 0.15) is 6.26 Å². The molecule has 0 heterocycles. The zero-order valence-corrected chi connectivity index (χ0v) is 14.8. The van der Waals surface area contributed by atoms with Crippen LogP contribution in [0.3, 0.4) is 0 Å². The van der Waals surface area contributed by atoms with E-state index in [0.717, 1.165) is 22.3 Å². The Labute approximate surface area is 154 Å². The number of carbonyl (C=O) groups excluding carboxylic acids is 1. The summed E-state index contributed by atoms with van der Waals surface area (Å²) in [5.74, 6) is -0.497. The van der Waals surface area contributed by atoms with Gasteiger partial charge < -0.3 is 4.74 Å². The van der Waals surface area contributed by atoms with E-state index in [1.807, 2.05) is 97.9 Å². The Bertz CT molecular complexity index is 811. The highest BCUT2D eigenvalue weighted by molar-refractivity contribution is 5.83. The summed E-state index contributed by atoms with van der Waals surface area (Å²) >= 11 is 0. The molecule has 0 spiro atoms. The standard InChI is InChI=1S/C24H22O2/c1-2-22(19-12-6-3-7-13-19)24(25)26-18-23(20-14-8-4-9-15-20)21-16-10-5-11-17-21/h3-18,22H,2H2,1H3/t22-/m0/s1. The molecule has 2 nitrogen and oxygen atoms in total. The average Bonchev–Trinajstić information content (AvgIpc) is 2.71. The number of esters is 1. The summed E-state index contributed by atoms with van der Waals surface area (Å²) in [6.45, 7) is 2.00. The Morgan fingerprint density at radius 2 is 1.27 bits per heavy atom. The lowest BCUT2D eigenvalue weighted by Crippen LogP contribution is -2.13. The zero-order valence-electron chi connectivity index (χ0n) is 14.8. The van der Waals surface area contributed by atoms with Crippen molar-refractivity contribution in [3.8, 4) is 0 Å². The van der Waals surface area contributed by atoms with E-state index >= 15 is 0 Å². The number of hydrogen-bond acceptors (Lipinski definition) is 2. The third-order valence-electron chi connectivity index (χ3n) is 4.36. The maximum absolute atomic E-state index is 12.7. The molecule has 0 N–H and O–H groups in total. The molecule has 3 rings (SSSR count). The SMILES string of the molecule is CC[C@H](C(=O)OC=C(c1ccccc1)c1ccccc1)c1ccccc1. The fourth-order valence-corrected chi connectivity index (χ4v) is 2.96. The van der Waals surface area contributed by atoms with E-state index < -0.39 is 0 Å². The van der Waals surface area contributed by atoms with Gasteiger partial charge in [0.25, 0.3) is 0 Å². The summed E-state index contributed by atoms with van der Waals surface area (Å²) in [5.41, 5.74) is 3.90. The molecule has 130 valence electrons. The highest BCUT2D eigenvalue weighted by atomic mass is 16.5. The molecule has 0 aromatic heterocycles. The van der Waals surface area contributed by atoms with Crippen LogP contribution in [0.1, 0.15) is 36.0 Å². The third-order valence-corrected chi connectivity index (χ3v) is 4.36. The van der Waals surface area contributed by atoms with Gasteiger partial charge in [-0.15, -0.1) is 0 Å². The molecule has 0 aliphatic rings. The monoisotopic (exact) mass is 342 g/mol. The molecule has 26 heavy (non-hydrogen) atoms. The lowest BCUT2D eigenvalue weighted by atomic mass is 9.96. The molecule has 0 radical (unpaired) electrons. The van der Waals surface area contributed by atoms with Crippen molar-refractivity contribution in [2.75, 3.05) is 0 Å². The molecule has 0 aliphatic carbocycles. The van der Waals surface area contributed by atoms with E-state index in [-0.39, 0.29) is 11.9 Å². The van der Waals surface area contributed by atoms with E-state index in [2.05, 4.69) is 0 Å². The van der Waals surface area contributed by atoms with Gasteiger partial charge in [0, 0.05) is 5.57 Å². The summed E-state index contributed by atoms with van der Waals surface area (Å²) in [7, 11) is 0. The van der Waals surface area contributed by atoms with Gasteiger partial charge in [-0.1, -0.05) is 97.9 Å². The smallest absolute Gasteiger partial charge is 0.318 e. The molecule has 0 saturated carbocycles. The van der Waals surface area contributed by atoms with Crippen LogP contribution in [0, 0.1) is 0 Å². The van der Waals surface area contributed by atoms with Crippen molar-refractivity contribution in [3.05, 3.63) is 114 Å². The number of rotatable bonds is 6. The highest BCUT2D eigenvalue weighted by Crippen LogP contribution is 2.25. The lowest BCUT2D eigenvalue weighted by Gasteiger charge is -2.14. The van der Waals surface area contributed by atoms with E-state index in [1.54, 1.807) is 6.26 Å². The van der Waals surface area contributed by atoms with Gasteiger partial charge in [-0.05, 0) is 23.1 Å². The van der Waals surface area contributed by atoms with Crippen LogP contribution in [-0.2, 0) is 9.53 Å². The summed E-state index contributed by atoms with van der Waals surface area (Å²) in [6, 6.07) is 29.7. The second-order valence-corrected chi connectivity index (χ2v) is 6.07. The van der Waals surface area contributed by atoms with Gasteiger partial charge in [-0.25, -0.2) is 0 Å². The molecule has 0 fully saturated rings. The lowest BCUT2D eigenvalue weighted by molar-refractivity contribution is -0.139. The first-order valence-electron chi connectivity index (χ1n) is 8.86. The summed E-state index contributed by atoms with van der Waals surface area (Å²) in [4.78, 5) is 12.7. The molecule has 1 atom stereocenters. The molecular weight excluding hydrogens is 320 g/mol. The van der Waals surface area contributed by atoms with Crippen LogP contribution >= 0.6 is 0 Å². The molecule has 3 aromatic rings. The normalized spacial score (nSPS) is 11.4. The topological polar surface area (TPSA) is 26.3 Å². The van der Waals surface area contributed by atoms with Crippen molar-refractivity contribution in [1.82, 2.24) is 0 Å². The summed E-state index contributed by atoms with van der Waals surface area (Å²) in [6.07, 6.45) is 2.28. The van der Waals surface area contributed by atoms with Gasteiger partial charge in [-0.3, -0.25) is 4.79 Å². The second-order valence-electron chi connectivity index (χ2n) is 6.07. The second kappa shape index (κ2) is 8.82. The van der Waals surface area contributed by atoms with Gasteiger partial charge in [0.15, 0.2) is 0 Å². The van der Waals surface area contributed by atoms with Crippen molar-refractivity contribution in [2.45, 2.75) is 19.3 Å². The fraction of sp³-hybridized carbons (Fsp3) is 0.125. The molecular formula is C24H22O2. The zero-order chi connectivity index (χ0) is 18.2. The van der Waals surface area contributed by atoms with Gasteiger partial charge in [-0.2, -0.15) is 0 Å². The van der Waals surface area contributed by atoms with Crippen LogP contribution in [0.15, 0.2) is 97.3 Å². The fourth-order valence-electron chi connectivity index (χ4n) is 2.96. The van der Waals surface area contributed by atoms with Crippen LogP contribution in [0.5, 0.6) is 0 Å². The maximum Gasteiger partial charge on any atom is 0.318 e. The Morgan fingerprint density at radius 3 is 1.73 bits per heavy atom. The largest absolute Gasteiger partial charge is 0.433 e. The van der Waals surface area contributed by atoms with E-state index in [0.29, 0.717) is 6.42 Å². The number of ether oxygens (including phenoxy) is 1. The van der Waals surface area contributed by atoms with Gasteiger partial charge >= 0.3 is 5.97 Å². The Kier molecular flexibility index (Phi) is 6.00. The number of carbonyl (C=O) groups is 1. The van der Waals surface area contributed by atoms with Gasteiger partial charge in [0.05, 0.1) is 5.92 Å². The minimum Gasteiger partial charge on any atom is -0.433 e. The molecule has 0 bridgehead atoms. The highest BCUT2D eigenvalue weighted by Gasteiger charge is 2.20. The van der Waals surface area contributed by atoms with Crippen molar-refractivity contribution in [2.24, 2.45) is 0 Å². The van der Waals surface area contributed by atoms with Crippen molar-refractivity contribution >= 4 is 11.5 Å². The van der Waals surface area contributed by atoms with Crippen LogP contribution in [-0.4, -0.2) is 5.97 Å². The predicted molar refractivity (Wildman–Crippen MR) is 106 cm³/mol. The first-order valence-corrected chi connectivity index (χ1v) is 8.86. The van der Waals surface area contributed by atoms with E-state index in [1.165, 1.54) is 0 Å². The molecule has 0 aliphatic heterocycles. The molecule has 2 heteroatoms. The van der Waals surface area contributed by atoms with Crippen LogP contribution < -0.4 is 0 Å². The van der Waals surface area contributed by atoms with Crippen molar-refractivity contribution in [3.63, 3.8) is 0 Å². The first kappa shape index (κ1) is 17.7. The Hall–Kier alpha value is -3.13. The molecule has 0 unspecified atom stereocenters. The Balaban J connectivity index is 1.88. The molecule has 3 aromatic carbocycles. The van der Waals surface area contributed by atoms with Crippen molar-refractivity contribution in [1.29, 1.82) is 0 Å². The molecule has 0 amide bonds. The Morgan fingerprint density at radius 1 is 0.808 bits per heavy atom. The predicted octanol–water partition coefficient (Wildman–Crippen LogP) is 5.81. The molecule has 0 saturated heterocycles. The van der Waals surface area contributed by atoms with Crippen molar-refractivity contribution < 1.29 is 9.53 Å². The number of hydrogen-bond donors (Lipinski definition) is 0. The van der Waals surface area contributed by atoms with E-state index in [9.17, 15) is 4.79 Å². The van der Waals surface area contributed by atoms with Crippen LogP contribution in [0.2, 0.25) is 0 Å². The minimum absolute atomic E-state index is 0.233. The van der Waals surface area contributed by atoms with Crippen LogP contribution in [0.25, 0.3) is 5.57 Å². The first-order chi connectivity index (χ1) is 12.8. The summed E-state index contributed by atoms with van der Waals surface area (Å²) < 4.78 is 5.62. The number of benzene rings is 3. The van der Waals surface area contributed by atoms with Crippen LogP contribution in [0.4, 0.5) is 0 Å². The quantitative estimate of drug-likeness (QED) is 0.417. The minimum atomic E-state index is -0.264.